The predicted octanol–water partition coefficient (Wildman–Crippen LogP) is 12.5. The van der Waals surface area contributed by atoms with Gasteiger partial charge in [0.05, 0.1) is 18.8 Å². The van der Waals surface area contributed by atoms with Crippen LogP contribution in [0.2, 0.25) is 0 Å². The first-order valence-corrected chi connectivity index (χ1v) is 26.2. The lowest BCUT2D eigenvalue weighted by Crippen LogP contribution is -2.36. The monoisotopic (exact) mass is 901 g/mol. The van der Waals surface area contributed by atoms with Gasteiger partial charge >= 0.3 is 18.0 Å². The van der Waals surface area contributed by atoms with Crippen LogP contribution in [-0.2, 0) is 42.7 Å². The maximum atomic E-state index is 13.1. The van der Waals surface area contributed by atoms with E-state index in [2.05, 4.69) is 51.8 Å². The summed E-state index contributed by atoms with van der Waals surface area (Å²) in [5, 5.41) is 2.79. The van der Waals surface area contributed by atoms with E-state index in [0.29, 0.717) is 52.4 Å². The van der Waals surface area contributed by atoms with E-state index < -0.39 is 36.5 Å². The Morgan fingerprint density at radius 2 is 0.746 bits per heavy atom. The van der Waals surface area contributed by atoms with Crippen LogP contribution in [0.25, 0.3) is 0 Å². The number of amides is 1. The number of alkyl carbamates (subject to hydrolysis) is 1. The summed E-state index contributed by atoms with van der Waals surface area (Å²) in [6.07, 6.45) is 27.6. The van der Waals surface area contributed by atoms with Crippen LogP contribution in [-0.4, -0.2) is 108 Å². The number of carbonyl (C=O) groups is 3. The van der Waals surface area contributed by atoms with Gasteiger partial charge in [0.15, 0.2) is 12.6 Å². The van der Waals surface area contributed by atoms with Crippen molar-refractivity contribution in [2.75, 3.05) is 72.4 Å². The third-order valence-corrected chi connectivity index (χ3v) is 11.4. The minimum absolute atomic E-state index is 0.0634. The molecule has 0 heterocycles. The molecule has 0 aromatic carbocycles. The first kappa shape index (κ1) is 61.0. The molecule has 12 heteroatoms. The second kappa shape index (κ2) is 48.0. The molecule has 0 aliphatic rings. The quantitative estimate of drug-likeness (QED) is 0.0271. The van der Waals surface area contributed by atoms with Gasteiger partial charge in [-0.2, -0.15) is 0 Å². The number of ether oxygens (including phenoxy) is 7. The molecule has 0 unspecified atom stereocenters. The minimum Gasteiger partial charge on any atom is -0.465 e. The number of unbranched alkanes of at least 4 members (excludes halogenated alkanes) is 20. The number of hydrogen-bond donors (Lipinski definition) is 1. The van der Waals surface area contributed by atoms with Crippen molar-refractivity contribution in [3.05, 3.63) is 0 Å². The van der Waals surface area contributed by atoms with Crippen LogP contribution >= 0.6 is 0 Å². The Hall–Kier alpha value is -1.99. The van der Waals surface area contributed by atoms with Crippen molar-refractivity contribution in [1.82, 2.24) is 10.2 Å². The molecule has 12 nitrogen and oxygen atoms in total. The molecule has 0 saturated heterocycles. The maximum absolute atomic E-state index is 13.1. The van der Waals surface area contributed by atoms with Crippen LogP contribution in [0.5, 0.6) is 0 Å². The van der Waals surface area contributed by atoms with E-state index in [4.69, 9.17) is 33.2 Å². The van der Waals surface area contributed by atoms with Crippen LogP contribution in [0.15, 0.2) is 0 Å². The highest BCUT2D eigenvalue weighted by molar-refractivity contribution is 5.70. The zero-order chi connectivity index (χ0) is 46.3. The van der Waals surface area contributed by atoms with Crippen molar-refractivity contribution in [2.24, 2.45) is 5.92 Å². The van der Waals surface area contributed by atoms with E-state index >= 15 is 0 Å². The normalized spacial score (nSPS) is 11.7. The molecule has 0 aromatic heterocycles. The summed E-state index contributed by atoms with van der Waals surface area (Å²) in [4.78, 5) is 41.0. The molecule has 0 bridgehead atoms. The summed E-state index contributed by atoms with van der Waals surface area (Å²) in [6.45, 7) is 18.2. The van der Waals surface area contributed by atoms with Gasteiger partial charge in [-0.05, 0) is 38.8 Å². The predicted molar refractivity (Wildman–Crippen MR) is 256 cm³/mol. The third kappa shape index (κ3) is 42.4. The van der Waals surface area contributed by atoms with Gasteiger partial charge in [0, 0.05) is 52.4 Å². The standard InChI is InChI=1S/C51H100N2O10/c1-7-13-17-21-25-29-39-57-49(58-40-30-26-22-18-14-8-2)35-33-47(54)61-43-46(45-63-51(56)52-37-38-53(11-5)12-6)44-62-48(55)34-36-50(59-41-31-27-23-19-15-9-3)60-42-32-28-24-20-16-10-4/h46,49-50H,7-45H2,1-6H3,(H,52,56). The molecule has 0 fully saturated rings. The van der Waals surface area contributed by atoms with Crippen molar-refractivity contribution in [3.8, 4) is 0 Å². The molecule has 0 aromatic rings. The minimum atomic E-state index is -0.564. The zero-order valence-corrected chi connectivity index (χ0v) is 41.8. The largest absolute Gasteiger partial charge is 0.465 e. The highest BCUT2D eigenvalue weighted by Gasteiger charge is 2.21. The van der Waals surface area contributed by atoms with E-state index in [0.717, 1.165) is 64.5 Å². The van der Waals surface area contributed by atoms with Crippen molar-refractivity contribution >= 4 is 18.0 Å². The SMILES string of the molecule is CCCCCCCCOC(CCC(=O)OCC(COC(=O)CCC(OCCCCCCCC)OCCCCCCCC)COC(=O)NCCN(CC)CC)OCCCCCCCC. The van der Waals surface area contributed by atoms with Crippen LogP contribution in [0.3, 0.4) is 0 Å². The maximum Gasteiger partial charge on any atom is 0.407 e. The highest BCUT2D eigenvalue weighted by Crippen LogP contribution is 2.15. The molecule has 1 amide bonds. The van der Waals surface area contributed by atoms with Crippen LogP contribution < -0.4 is 5.32 Å². The smallest absolute Gasteiger partial charge is 0.407 e. The van der Waals surface area contributed by atoms with Gasteiger partial charge in [0.1, 0.15) is 19.8 Å². The number of hydrogen-bond acceptors (Lipinski definition) is 11. The van der Waals surface area contributed by atoms with Gasteiger partial charge in [-0.3, -0.25) is 9.59 Å². The van der Waals surface area contributed by atoms with Crippen molar-refractivity contribution < 1.29 is 47.5 Å². The van der Waals surface area contributed by atoms with Crippen molar-refractivity contribution in [2.45, 2.75) is 234 Å². The Balaban J connectivity index is 5.29. The van der Waals surface area contributed by atoms with Gasteiger partial charge in [-0.1, -0.05) is 170 Å². The van der Waals surface area contributed by atoms with Crippen LogP contribution in [0, 0.1) is 5.92 Å². The number of carbonyl (C=O) groups excluding carboxylic acids is 3. The lowest BCUT2D eigenvalue weighted by atomic mass is 10.1. The summed E-state index contributed by atoms with van der Waals surface area (Å²) in [7, 11) is 0. The number of nitrogens with zero attached hydrogens (tertiary/aromatic N) is 1. The van der Waals surface area contributed by atoms with E-state index in [1.54, 1.807) is 0 Å². The molecule has 0 radical (unpaired) electrons. The van der Waals surface area contributed by atoms with Crippen LogP contribution in [0.4, 0.5) is 4.79 Å². The fraction of sp³-hybridized carbons (Fsp3) is 0.941. The molecule has 0 rings (SSSR count). The molecule has 374 valence electrons. The van der Waals surface area contributed by atoms with E-state index in [1.807, 2.05) is 0 Å². The van der Waals surface area contributed by atoms with E-state index in [1.165, 1.54) is 103 Å². The first-order valence-electron chi connectivity index (χ1n) is 26.2. The van der Waals surface area contributed by atoms with Crippen LogP contribution in [0.1, 0.15) is 221 Å². The van der Waals surface area contributed by atoms with E-state index in [-0.39, 0.29) is 32.7 Å². The Kier molecular flexibility index (Phi) is 46.4. The molecule has 0 aliphatic heterocycles. The average Bonchev–Trinajstić information content (AvgIpc) is 3.29. The number of nitrogens with one attached hydrogen (secondary N) is 1. The second-order valence-electron chi connectivity index (χ2n) is 17.3. The van der Waals surface area contributed by atoms with Gasteiger partial charge in [0.2, 0.25) is 0 Å². The molecule has 0 spiro atoms. The topological polar surface area (TPSA) is 131 Å². The Labute approximate surface area is 387 Å². The molecular weight excluding hydrogens is 801 g/mol. The molecule has 0 atom stereocenters. The number of rotatable bonds is 49. The number of esters is 2. The van der Waals surface area contributed by atoms with E-state index in [9.17, 15) is 14.4 Å². The van der Waals surface area contributed by atoms with Crippen molar-refractivity contribution in [1.29, 1.82) is 0 Å². The summed E-state index contributed by atoms with van der Waals surface area (Å²) < 4.78 is 41.4. The Bertz CT molecular complexity index is 905. The van der Waals surface area contributed by atoms with Crippen molar-refractivity contribution in [3.63, 3.8) is 0 Å². The number of likely N-dealkylation sites (N-methyl/N-ethyl adjacent to an activating group) is 1. The molecule has 63 heavy (non-hydrogen) atoms. The molecular formula is C51H100N2O10. The lowest BCUT2D eigenvalue weighted by Gasteiger charge is -2.21. The average molecular weight is 901 g/mol. The van der Waals surface area contributed by atoms with Gasteiger partial charge in [0.25, 0.3) is 0 Å². The summed E-state index contributed by atoms with van der Waals surface area (Å²) in [5.74, 6) is -1.35. The second-order valence-corrected chi connectivity index (χ2v) is 17.3. The third-order valence-electron chi connectivity index (χ3n) is 11.4. The van der Waals surface area contributed by atoms with Gasteiger partial charge < -0.3 is 43.4 Å². The summed E-state index contributed by atoms with van der Waals surface area (Å²) >= 11 is 0. The summed E-state index contributed by atoms with van der Waals surface area (Å²) in [5.41, 5.74) is 0. The molecule has 0 saturated carbocycles. The van der Waals surface area contributed by atoms with Gasteiger partial charge in [-0.15, -0.1) is 0 Å². The first-order chi connectivity index (χ1) is 30.8. The molecule has 1 N–H and O–H groups in total. The lowest BCUT2D eigenvalue weighted by molar-refractivity contribution is -0.163. The Morgan fingerprint density at radius 1 is 0.429 bits per heavy atom. The zero-order valence-electron chi connectivity index (χ0n) is 41.8. The fourth-order valence-electron chi connectivity index (χ4n) is 7.10. The molecule has 0 aliphatic carbocycles. The Morgan fingerprint density at radius 3 is 1.08 bits per heavy atom. The highest BCUT2D eigenvalue weighted by atomic mass is 16.7. The summed E-state index contributed by atoms with van der Waals surface area (Å²) in [6, 6.07) is 0. The fourth-order valence-corrected chi connectivity index (χ4v) is 7.10. The van der Waals surface area contributed by atoms with Gasteiger partial charge in [-0.25, -0.2) is 4.79 Å².